The van der Waals surface area contributed by atoms with Crippen molar-refractivity contribution in [2.75, 3.05) is 7.11 Å². The SMILES string of the molecule is CCC(CC)[C@@H](NC(=O)c1sc2ccccc2c1Cl)C(=O)OC. The Balaban J connectivity index is 2.30. The molecule has 0 radical (unpaired) electrons. The number of thiophene rings is 1. The highest BCUT2D eigenvalue weighted by Crippen LogP contribution is 2.35. The fourth-order valence-corrected chi connectivity index (χ4v) is 4.04. The van der Waals surface area contributed by atoms with Crippen LogP contribution in [0.1, 0.15) is 36.4 Å². The molecule has 23 heavy (non-hydrogen) atoms. The molecule has 2 rings (SSSR count). The predicted molar refractivity (Wildman–Crippen MR) is 94.2 cm³/mol. The Labute approximate surface area is 144 Å². The van der Waals surface area contributed by atoms with Gasteiger partial charge in [-0.05, 0) is 12.0 Å². The van der Waals surface area contributed by atoms with E-state index in [0.29, 0.717) is 9.90 Å². The fraction of sp³-hybridized carbons (Fsp3) is 0.412. The molecule has 0 bridgehead atoms. The van der Waals surface area contributed by atoms with Gasteiger partial charge in [-0.2, -0.15) is 0 Å². The van der Waals surface area contributed by atoms with Crippen molar-refractivity contribution >= 4 is 44.9 Å². The van der Waals surface area contributed by atoms with Crippen LogP contribution in [0.2, 0.25) is 5.02 Å². The summed E-state index contributed by atoms with van der Waals surface area (Å²) in [7, 11) is 1.33. The van der Waals surface area contributed by atoms with E-state index in [1.54, 1.807) is 0 Å². The molecule has 0 aliphatic rings. The second-order valence-electron chi connectivity index (χ2n) is 5.29. The van der Waals surface area contributed by atoms with Gasteiger partial charge in [-0.3, -0.25) is 4.79 Å². The molecular formula is C17H20ClNO3S. The molecule has 0 spiro atoms. The summed E-state index contributed by atoms with van der Waals surface area (Å²) < 4.78 is 5.78. The van der Waals surface area contributed by atoms with E-state index in [4.69, 9.17) is 16.3 Å². The lowest BCUT2D eigenvalue weighted by molar-refractivity contribution is -0.144. The molecule has 124 valence electrons. The first-order valence-electron chi connectivity index (χ1n) is 7.59. The van der Waals surface area contributed by atoms with Crippen molar-refractivity contribution in [1.29, 1.82) is 0 Å². The zero-order valence-electron chi connectivity index (χ0n) is 13.4. The highest BCUT2D eigenvalue weighted by Gasteiger charge is 2.30. The number of amides is 1. The Bertz CT molecular complexity index is 709. The molecule has 2 aromatic rings. The molecule has 1 aromatic heterocycles. The summed E-state index contributed by atoms with van der Waals surface area (Å²) in [4.78, 5) is 25.1. The minimum atomic E-state index is -0.663. The first-order chi connectivity index (χ1) is 11.0. The number of halogens is 1. The maximum Gasteiger partial charge on any atom is 0.328 e. The summed E-state index contributed by atoms with van der Waals surface area (Å²) in [6, 6.07) is 6.91. The lowest BCUT2D eigenvalue weighted by Gasteiger charge is -2.23. The van der Waals surface area contributed by atoms with E-state index in [1.165, 1.54) is 18.4 Å². The van der Waals surface area contributed by atoms with Crippen LogP contribution in [0.4, 0.5) is 0 Å². The number of fused-ring (bicyclic) bond motifs is 1. The zero-order chi connectivity index (χ0) is 17.0. The predicted octanol–water partition coefficient (Wildman–Crippen LogP) is 4.26. The largest absolute Gasteiger partial charge is 0.467 e. The number of ether oxygens (including phenoxy) is 1. The second-order valence-corrected chi connectivity index (χ2v) is 6.72. The van der Waals surface area contributed by atoms with E-state index >= 15 is 0 Å². The van der Waals surface area contributed by atoms with Gasteiger partial charge in [0, 0.05) is 10.1 Å². The maximum atomic E-state index is 12.6. The molecule has 0 aliphatic carbocycles. The van der Waals surface area contributed by atoms with Crippen LogP contribution in [-0.4, -0.2) is 25.0 Å². The van der Waals surface area contributed by atoms with Gasteiger partial charge in [0.2, 0.25) is 0 Å². The number of nitrogens with one attached hydrogen (secondary N) is 1. The topological polar surface area (TPSA) is 55.4 Å². The van der Waals surface area contributed by atoms with E-state index in [-0.39, 0.29) is 11.8 Å². The van der Waals surface area contributed by atoms with Gasteiger partial charge in [0.15, 0.2) is 0 Å². The number of esters is 1. The van der Waals surface area contributed by atoms with Crippen LogP contribution >= 0.6 is 22.9 Å². The molecule has 4 nitrogen and oxygen atoms in total. The van der Waals surface area contributed by atoms with E-state index in [1.807, 2.05) is 38.1 Å². The number of methoxy groups -OCH3 is 1. The zero-order valence-corrected chi connectivity index (χ0v) is 15.0. The summed E-state index contributed by atoms with van der Waals surface area (Å²) in [5.74, 6) is -0.734. The van der Waals surface area contributed by atoms with E-state index in [0.717, 1.165) is 22.9 Å². The van der Waals surface area contributed by atoms with Crippen molar-refractivity contribution in [2.24, 2.45) is 5.92 Å². The van der Waals surface area contributed by atoms with Gasteiger partial charge in [0.1, 0.15) is 10.9 Å². The maximum absolute atomic E-state index is 12.6. The minimum Gasteiger partial charge on any atom is -0.467 e. The molecule has 1 N–H and O–H groups in total. The monoisotopic (exact) mass is 353 g/mol. The second kappa shape index (κ2) is 7.79. The van der Waals surface area contributed by atoms with Crippen LogP contribution in [0.5, 0.6) is 0 Å². The standard InChI is InChI=1S/C17H20ClNO3S/c1-4-10(5-2)14(17(21)22-3)19-16(20)15-13(18)11-8-6-7-9-12(11)23-15/h6-10,14H,4-5H2,1-3H3,(H,19,20)/t14-/m1/s1. The lowest BCUT2D eigenvalue weighted by atomic mass is 9.94. The molecule has 1 aromatic carbocycles. The Morgan fingerprint density at radius 1 is 1.26 bits per heavy atom. The van der Waals surface area contributed by atoms with E-state index in [9.17, 15) is 9.59 Å². The third-order valence-electron chi connectivity index (χ3n) is 4.00. The molecule has 0 fully saturated rings. The third-order valence-corrected chi connectivity index (χ3v) is 5.68. The van der Waals surface area contributed by atoms with Crippen LogP contribution in [0.15, 0.2) is 24.3 Å². The minimum absolute atomic E-state index is 0.0274. The molecule has 0 aliphatic heterocycles. The molecule has 0 unspecified atom stereocenters. The number of carbonyl (C=O) groups is 2. The molecular weight excluding hydrogens is 334 g/mol. The highest BCUT2D eigenvalue weighted by atomic mass is 35.5. The smallest absolute Gasteiger partial charge is 0.328 e. The van der Waals surface area contributed by atoms with Crippen LogP contribution in [0, 0.1) is 5.92 Å². The van der Waals surface area contributed by atoms with Crippen molar-refractivity contribution in [1.82, 2.24) is 5.32 Å². The summed E-state index contributed by atoms with van der Waals surface area (Å²) in [5, 5.41) is 4.08. The first-order valence-corrected chi connectivity index (χ1v) is 8.78. The molecule has 6 heteroatoms. The summed E-state index contributed by atoms with van der Waals surface area (Å²) >= 11 is 7.65. The van der Waals surface area contributed by atoms with Crippen LogP contribution in [-0.2, 0) is 9.53 Å². The van der Waals surface area contributed by atoms with Gasteiger partial charge >= 0.3 is 5.97 Å². The number of benzene rings is 1. The average molecular weight is 354 g/mol. The quantitative estimate of drug-likeness (QED) is 0.789. The molecule has 0 saturated heterocycles. The normalized spacial score (nSPS) is 12.4. The van der Waals surface area contributed by atoms with Crippen LogP contribution < -0.4 is 5.32 Å². The van der Waals surface area contributed by atoms with Gasteiger partial charge < -0.3 is 10.1 Å². The Kier molecular flexibility index (Phi) is 6.02. The van der Waals surface area contributed by atoms with Gasteiger partial charge in [0.25, 0.3) is 5.91 Å². The van der Waals surface area contributed by atoms with Gasteiger partial charge in [-0.25, -0.2) is 4.79 Å². The summed E-state index contributed by atoms with van der Waals surface area (Å²) in [5.41, 5.74) is 0. The Morgan fingerprint density at radius 2 is 1.91 bits per heavy atom. The van der Waals surface area contributed by atoms with Gasteiger partial charge in [-0.15, -0.1) is 11.3 Å². The van der Waals surface area contributed by atoms with Crippen LogP contribution in [0.3, 0.4) is 0 Å². The van der Waals surface area contributed by atoms with E-state index in [2.05, 4.69) is 5.32 Å². The summed E-state index contributed by atoms with van der Waals surface area (Å²) in [6.45, 7) is 3.98. The number of hydrogen-bond acceptors (Lipinski definition) is 4. The van der Waals surface area contributed by atoms with Crippen molar-refractivity contribution in [3.63, 3.8) is 0 Å². The van der Waals surface area contributed by atoms with Crippen molar-refractivity contribution in [2.45, 2.75) is 32.7 Å². The van der Waals surface area contributed by atoms with Crippen molar-refractivity contribution in [3.05, 3.63) is 34.2 Å². The number of carbonyl (C=O) groups excluding carboxylic acids is 2. The number of hydrogen-bond donors (Lipinski definition) is 1. The molecule has 1 heterocycles. The van der Waals surface area contributed by atoms with E-state index < -0.39 is 12.0 Å². The fourth-order valence-electron chi connectivity index (χ4n) is 2.62. The molecule has 1 atom stereocenters. The van der Waals surface area contributed by atoms with Gasteiger partial charge in [-0.1, -0.05) is 56.5 Å². The van der Waals surface area contributed by atoms with Crippen LogP contribution in [0.25, 0.3) is 10.1 Å². The first kappa shape index (κ1) is 17.8. The van der Waals surface area contributed by atoms with Crippen molar-refractivity contribution in [3.8, 4) is 0 Å². The summed E-state index contributed by atoms with van der Waals surface area (Å²) in [6.07, 6.45) is 1.55. The molecule has 0 saturated carbocycles. The van der Waals surface area contributed by atoms with Gasteiger partial charge in [0.05, 0.1) is 12.1 Å². The lowest BCUT2D eigenvalue weighted by Crippen LogP contribution is -2.46. The third kappa shape index (κ3) is 3.67. The Hall–Kier alpha value is -1.59. The highest BCUT2D eigenvalue weighted by molar-refractivity contribution is 7.21. The Morgan fingerprint density at radius 3 is 2.48 bits per heavy atom. The molecule has 1 amide bonds. The average Bonchev–Trinajstić information content (AvgIpc) is 2.91. The number of rotatable bonds is 6. The van der Waals surface area contributed by atoms with Crippen molar-refractivity contribution < 1.29 is 14.3 Å².